The molecule has 1 aromatic heterocycles. The highest BCUT2D eigenvalue weighted by atomic mass is 19.4. The molecule has 0 amide bonds. The highest BCUT2D eigenvalue weighted by Crippen LogP contribution is 2.56. The summed E-state index contributed by atoms with van der Waals surface area (Å²) in [4.78, 5) is 0. The average molecular weight is 203 g/mol. The number of alkyl halides is 3. The van der Waals surface area contributed by atoms with E-state index in [4.69, 9.17) is 0 Å². The molecule has 1 nitrogen and oxygen atoms in total. The fourth-order valence-corrected chi connectivity index (χ4v) is 2.10. The standard InChI is InChI=1S/C10H12F3N/c1-7-3-4-8(2)14(7)9(5-6-9)10(11,12)13/h3-4H,5-6H2,1-2H3. The van der Waals surface area contributed by atoms with Crippen LogP contribution in [0, 0.1) is 13.8 Å². The van der Waals surface area contributed by atoms with Crippen LogP contribution in [0.25, 0.3) is 0 Å². The third-order valence-corrected chi connectivity index (χ3v) is 2.95. The van der Waals surface area contributed by atoms with Gasteiger partial charge in [-0.1, -0.05) is 0 Å². The Morgan fingerprint density at radius 2 is 1.57 bits per heavy atom. The Morgan fingerprint density at radius 1 is 1.14 bits per heavy atom. The number of aromatic nitrogens is 1. The molecule has 2 rings (SSSR count). The second kappa shape index (κ2) is 2.55. The number of hydrogen-bond acceptors (Lipinski definition) is 0. The number of nitrogens with zero attached hydrogens (tertiary/aromatic N) is 1. The van der Waals surface area contributed by atoms with E-state index in [0.29, 0.717) is 11.4 Å². The maximum absolute atomic E-state index is 12.8. The molecule has 1 heterocycles. The first kappa shape index (κ1) is 9.62. The van der Waals surface area contributed by atoms with Crippen molar-refractivity contribution in [2.75, 3.05) is 0 Å². The summed E-state index contributed by atoms with van der Waals surface area (Å²) in [6.07, 6.45) is -3.69. The van der Waals surface area contributed by atoms with E-state index in [-0.39, 0.29) is 12.8 Å². The summed E-state index contributed by atoms with van der Waals surface area (Å²) in [6.45, 7) is 3.44. The van der Waals surface area contributed by atoms with E-state index in [1.54, 1.807) is 26.0 Å². The molecule has 0 aliphatic heterocycles. The minimum atomic E-state index is -4.12. The third kappa shape index (κ3) is 1.09. The van der Waals surface area contributed by atoms with E-state index in [9.17, 15) is 13.2 Å². The lowest BCUT2D eigenvalue weighted by atomic mass is 10.2. The molecule has 0 radical (unpaired) electrons. The smallest absolute Gasteiger partial charge is 0.334 e. The van der Waals surface area contributed by atoms with Gasteiger partial charge in [0.25, 0.3) is 0 Å². The predicted molar refractivity (Wildman–Crippen MR) is 47.2 cm³/mol. The topological polar surface area (TPSA) is 4.93 Å². The van der Waals surface area contributed by atoms with Crippen molar-refractivity contribution in [3.8, 4) is 0 Å². The molecule has 1 saturated carbocycles. The first-order chi connectivity index (χ1) is 6.38. The Kier molecular flexibility index (Phi) is 1.75. The van der Waals surface area contributed by atoms with Crippen LogP contribution in [-0.4, -0.2) is 10.7 Å². The van der Waals surface area contributed by atoms with E-state index in [1.165, 1.54) is 4.57 Å². The molecule has 0 bridgehead atoms. The minimum absolute atomic E-state index is 0.215. The first-order valence-electron chi connectivity index (χ1n) is 4.61. The number of rotatable bonds is 1. The lowest BCUT2D eigenvalue weighted by Crippen LogP contribution is -2.36. The van der Waals surface area contributed by atoms with Gasteiger partial charge in [-0.15, -0.1) is 0 Å². The zero-order valence-corrected chi connectivity index (χ0v) is 8.15. The summed E-state index contributed by atoms with van der Waals surface area (Å²) >= 11 is 0. The Morgan fingerprint density at radius 3 is 1.86 bits per heavy atom. The maximum Gasteiger partial charge on any atom is 0.411 e. The Bertz CT molecular complexity index is 338. The van der Waals surface area contributed by atoms with Crippen molar-refractivity contribution in [3.63, 3.8) is 0 Å². The predicted octanol–water partition coefficient (Wildman–Crippen LogP) is 3.16. The van der Waals surface area contributed by atoms with Crippen molar-refractivity contribution in [1.29, 1.82) is 0 Å². The number of hydrogen-bond donors (Lipinski definition) is 0. The van der Waals surface area contributed by atoms with Crippen molar-refractivity contribution >= 4 is 0 Å². The van der Waals surface area contributed by atoms with Gasteiger partial charge < -0.3 is 4.57 Å². The molecule has 0 spiro atoms. The molecule has 0 saturated heterocycles. The Balaban J connectivity index is 2.50. The SMILES string of the molecule is Cc1ccc(C)n1C1(C(F)(F)F)CC1. The molecule has 1 aliphatic rings. The fraction of sp³-hybridized carbons (Fsp3) is 0.600. The molecule has 1 fully saturated rings. The van der Waals surface area contributed by atoms with Gasteiger partial charge in [-0.3, -0.25) is 0 Å². The molecule has 0 unspecified atom stereocenters. The lowest BCUT2D eigenvalue weighted by Gasteiger charge is -2.24. The monoisotopic (exact) mass is 203 g/mol. The molecule has 4 heteroatoms. The normalized spacial score (nSPS) is 19.8. The molecule has 1 aromatic rings. The van der Waals surface area contributed by atoms with E-state index in [1.807, 2.05) is 0 Å². The highest BCUT2D eigenvalue weighted by Gasteiger charge is 2.65. The summed E-state index contributed by atoms with van der Waals surface area (Å²) in [5.41, 5.74) is -0.209. The largest absolute Gasteiger partial charge is 0.411 e. The van der Waals surface area contributed by atoms with Crippen molar-refractivity contribution in [2.24, 2.45) is 0 Å². The second-order valence-corrected chi connectivity index (χ2v) is 3.98. The minimum Gasteiger partial charge on any atom is -0.334 e. The first-order valence-corrected chi connectivity index (χ1v) is 4.61. The van der Waals surface area contributed by atoms with Crippen LogP contribution < -0.4 is 0 Å². The molecule has 0 atom stereocenters. The highest BCUT2D eigenvalue weighted by molar-refractivity contribution is 5.22. The van der Waals surface area contributed by atoms with Crippen molar-refractivity contribution in [1.82, 2.24) is 4.57 Å². The Labute approximate surface area is 80.5 Å². The van der Waals surface area contributed by atoms with Gasteiger partial charge >= 0.3 is 6.18 Å². The summed E-state index contributed by atoms with van der Waals surface area (Å²) in [7, 11) is 0. The van der Waals surface area contributed by atoms with Crippen LogP contribution in [0.5, 0.6) is 0 Å². The van der Waals surface area contributed by atoms with Crippen LogP contribution in [0.1, 0.15) is 24.2 Å². The Hall–Kier alpha value is -0.930. The third-order valence-electron chi connectivity index (χ3n) is 2.95. The van der Waals surface area contributed by atoms with Crippen LogP contribution in [0.2, 0.25) is 0 Å². The van der Waals surface area contributed by atoms with Crippen molar-refractivity contribution in [2.45, 2.75) is 38.4 Å². The van der Waals surface area contributed by atoms with Crippen LogP contribution >= 0.6 is 0 Å². The van der Waals surface area contributed by atoms with Gasteiger partial charge in [0.1, 0.15) is 5.54 Å². The van der Waals surface area contributed by atoms with E-state index in [2.05, 4.69) is 0 Å². The molecular formula is C10H12F3N. The molecular weight excluding hydrogens is 191 g/mol. The van der Waals surface area contributed by atoms with E-state index >= 15 is 0 Å². The second-order valence-electron chi connectivity index (χ2n) is 3.98. The number of aryl methyl sites for hydroxylation is 2. The fourth-order valence-electron chi connectivity index (χ4n) is 2.10. The van der Waals surface area contributed by atoms with E-state index in [0.717, 1.165) is 0 Å². The zero-order chi connectivity index (χ0) is 10.6. The molecule has 14 heavy (non-hydrogen) atoms. The van der Waals surface area contributed by atoms with Crippen molar-refractivity contribution in [3.05, 3.63) is 23.5 Å². The summed E-state index contributed by atoms with van der Waals surface area (Å²) < 4.78 is 39.8. The van der Waals surface area contributed by atoms with Crippen molar-refractivity contribution < 1.29 is 13.2 Å². The maximum atomic E-state index is 12.8. The van der Waals surface area contributed by atoms with Crippen LogP contribution in [0.4, 0.5) is 13.2 Å². The molecule has 0 aromatic carbocycles. The van der Waals surface area contributed by atoms with Gasteiger partial charge in [-0.25, -0.2) is 0 Å². The summed E-state index contributed by atoms with van der Waals surface area (Å²) in [6, 6.07) is 3.47. The molecule has 1 aliphatic carbocycles. The van der Waals surface area contributed by atoms with Gasteiger partial charge in [0.2, 0.25) is 0 Å². The van der Waals surface area contributed by atoms with Gasteiger partial charge in [-0.2, -0.15) is 13.2 Å². The van der Waals surface area contributed by atoms with Gasteiger partial charge in [0.15, 0.2) is 0 Å². The molecule has 78 valence electrons. The summed E-state index contributed by atoms with van der Waals surface area (Å²) in [5.74, 6) is 0. The van der Waals surface area contributed by atoms with Gasteiger partial charge in [-0.05, 0) is 38.8 Å². The van der Waals surface area contributed by atoms with E-state index < -0.39 is 11.7 Å². The average Bonchev–Trinajstić information content (AvgIpc) is 2.76. The van der Waals surface area contributed by atoms with Gasteiger partial charge in [0.05, 0.1) is 0 Å². The lowest BCUT2D eigenvalue weighted by molar-refractivity contribution is -0.180. The van der Waals surface area contributed by atoms with Gasteiger partial charge in [0, 0.05) is 11.4 Å². The molecule has 0 N–H and O–H groups in total. The van der Waals surface area contributed by atoms with Crippen LogP contribution in [-0.2, 0) is 5.54 Å². The van der Waals surface area contributed by atoms with Crippen LogP contribution in [0.15, 0.2) is 12.1 Å². The quantitative estimate of drug-likeness (QED) is 0.660. The van der Waals surface area contributed by atoms with Crippen LogP contribution in [0.3, 0.4) is 0 Å². The zero-order valence-electron chi connectivity index (χ0n) is 8.15. The summed E-state index contributed by atoms with van der Waals surface area (Å²) in [5, 5.41) is 0. The number of halogens is 3.